The Morgan fingerprint density at radius 2 is 2.05 bits per heavy atom. The Balaban J connectivity index is 1.71. The first-order valence-electron chi connectivity index (χ1n) is 7.67. The van der Waals surface area contributed by atoms with Crippen LogP contribution >= 0.6 is 0 Å². The number of benzene rings is 1. The SMILES string of the molecule is Nc1cc(C(=O)NCCC2CCCC2)c2ccccc2n1. The van der Waals surface area contributed by atoms with E-state index in [-0.39, 0.29) is 5.91 Å². The molecule has 21 heavy (non-hydrogen) atoms. The summed E-state index contributed by atoms with van der Waals surface area (Å²) in [6.45, 7) is 0.736. The monoisotopic (exact) mass is 283 g/mol. The standard InChI is InChI=1S/C17H21N3O/c18-16-11-14(13-7-3-4-8-15(13)20-16)17(21)19-10-9-12-5-1-2-6-12/h3-4,7-8,11-12H,1-2,5-6,9-10H2,(H2,18,20)(H,19,21). The molecule has 1 heterocycles. The molecule has 0 saturated heterocycles. The van der Waals surface area contributed by atoms with Gasteiger partial charge in [0.15, 0.2) is 0 Å². The van der Waals surface area contributed by atoms with Crippen LogP contribution in [0.2, 0.25) is 0 Å². The summed E-state index contributed by atoms with van der Waals surface area (Å²) < 4.78 is 0. The quantitative estimate of drug-likeness (QED) is 0.905. The van der Waals surface area contributed by atoms with Gasteiger partial charge in [0.05, 0.1) is 11.1 Å². The average Bonchev–Trinajstić information content (AvgIpc) is 2.99. The first-order chi connectivity index (χ1) is 10.2. The summed E-state index contributed by atoms with van der Waals surface area (Å²) in [6, 6.07) is 9.26. The Morgan fingerprint density at radius 1 is 1.29 bits per heavy atom. The van der Waals surface area contributed by atoms with Crippen molar-refractivity contribution in [2.45, 2.75) is 32.1 Å². The number of carbonyl (C=O) groups excluding carboxylic acids is 1. The van der Waals surface area contributed by atoms with Crippen LogP contribution in [-0.2, 0) is 0 Å². The van der Waals surface area contributed by atoms with Crippen molar-refractivity contribution >= 4 is 22.6 Å². The number of rotatable bonds is 4. The van der Waals surface area contributed by atoms with E-state index < -0.39 is 0 Å². The molecular weight excluding hydrogens is 262 g/mol. The molecule has 0 bridgehead atoms. The van der Waals surface area contributed by atoms with E-state index in [4.69, 9.17) is 5.73 Å². The molecule has 4 nitrogen and oxygen atoms in total. The van der Waals surface area contributed by atoms with Gasteiger partial charge in [0.2, 0.25) is 0 Å². The van der Waals surface area contributed by atoms with Gasteiger partial charge in [-0.15, -0.1) is 0 Å². The van der Waals surface area contributed by atoms with Crippen LogP contribution < -0.4 is 11.1 Å². The lowest BCUT2D eigenvalue weighted by atomic mass is 10.0. The highest BCUT2D eigenvalue weighted by Crippen LogP contribution is 2.27. The molecule has 1 amide bonds. The molecule has 0 unspecified atom stereocenters. The van der Waals surface area contributed by atoms with Crippen LogP contribution in [0.15, 0.2) is 30.3 Å². The van der Waals surface area contributed by atoms with Crippen LogP contribution in [0.4, 0.5) is 5.82 Å². The van der Waals surface area contributed by atoms with Crippen LogP contribution in [0.1, 0.15) is 42.5 Å². The van der Waals surface area contributed by atoms with E-state index in [1.54, 1.807) is 6.07 Å². The molecule has 4 heteroatoms. The summed E-state index contributed by atoms with van der Waals surface area (Å²) in [5.74, 6) is 1.11. The maximum atomic E-state index is 12.4. The number of anilines is 1. The third-order valence-electron chi connectivity index (χ3n) is 4.29. The zero-order valence-electron chi connectivity index (χ0n) is 12.1. The number of nitrogens with two attached hydrogens (primary N) is 1. The molecule has 3 N–H and O–H groups in total. The Kier molecular flexibility index (Phi) is 4.04. The van der Waals surface area contributed by atoms with Gasteiger partial charge in [0.25, 0.3) is 5.91 Å². The lowest BCUT2D eigenvalue weighted by Gasteiger charge is -2.11. The van der Waals surface area contributed by atoms with Crippen molar-refractivity contribution < 1.29 is 4.79 Å². The minimum absolute atomic E-state index is 0.0571. The molecule has 2 aromatic rings. The maximum absolute atomic E-state index is 12.4. The van der Waals surface area contributed by atoms with Crippen molar-refractivity contribution in [2.75, 3.05) is 12.3 Å². The minimum atomic E-state index is -0.0571. The number of fused-ring (bicyclic) bond motifs is 1. The van der Waals surface area contributed by atoms with Gasteiger partial charge in [-0.2, -0.15) is 0 Å². The third-order valence-corrected chi connectivity index (χ3v) is 4.29. The fourth-order valence-electron chi connectivity index (χ4n) is 3.17. The molecule has 1 fully saturated rings. The fourth-order valence-corrected chi connectivity index (χ4v) is 3.17. The lowest BCUT2D eigenvalue weighted by Crippen LogP contribution is -2.26. The van der Waals surface area contributed by atoms with Crippen LogP contribution in [0.25, 0.3) is 10.9 Å². The third kappa shape index (κ3) is 3.15. The van der Waals surface area contributed by atoms with E-state index in [1.165, 1.54) is 25.7 Å². The van der Waals surface area contributed by atoms with Crippen molar-refractivity contribution in [3.8, 4) is 0 Å². The van der Waals surface area contributed by atoms with Gasteiger partial charge in [-0.1, -0.05) is 43.9 Å². The van der Waals surface area contributed by atoms with Gasteiger partial charge < -0.3 is 11.1 Å². The largest absolute Gasteiger partial charge is 0.384 e. The Bertz CT molecular complexity index is 648. The fraction of sp³-hybridized carbons (Fsp3) is 0.412. The van der Waals surface area contributed by atoms with Crippen molar-refractivity contribution in [3.63, 3.8) is 0 Å². The van der Waals surface area contributed by atoms with Gasteiger partial charge in [0, 0.05) is 11.9 Å². The van der Waals surface area contributed by atoms with E-state index in [1.807, 2.05) is 24.3 Å². The summed E-state index contributed by atoms with van der Waals surface area (Å²) in [4.78, 5) is 16.7. The number of nitrogen functional groups attached to an aromatic ring is 1. The zero-order valence-corrected chi connectivity index (χ0v) is 12.1. The van der Waals surface area contributed by atoms with Crippen molar-refractivity contribution in [3.05, 3.63) is 35.9 Å². The number of carbonyl (C=O) groups is 1. The highest BCUT2D eigenvalue weighted by molar-refractivity contribution is 6.06. The van der Waals surface area contributed by atoms with Gasteiger partial charge in [-0.05, 0) is 24.5 Å². The van der Waals surface area contributed by atoms with Crippen LogP contribution in [0, 0.1) is 5.92 Å². The van der Waals surface area contributed by atoms with Gasteiger partial charge >= 0.3 is 0 Å². The number of pyridine rings is 1. The highest BCUT2D eigenvalue weighted by atomic mass is 16.1. The second-order valence-corrected chi connectivity index (χ2v) is 5.81. The van der Waals surface area contributed by atoms with Crippen molar-refractivity contribution in [1.29, 1.82) is 0 Å². The lowest BCUT2D eigenvalue weighted by molar-refractivity contribution is 0.0953. The molecule has 1 saturated carbocycles. The van der Waals surface area contributed by atoms with Gasteiger partial charge in [0.1, 0.15) is 5.82 Å². The second kappa shape index (κ2) is 6.12. The van der Waals surface area contributed by atoms with E-state index in [2.05, 4.69) is 10.3 Å². The second-order valence-electron chi connectivity index (χ2n) is 5.81. The summed E-state index contributed by atoms with van der Waals surface area (Å²) in [5, 5.41) is 3.87. The van der Waals surface area contributed by atoms with Crippen LogP contribution in [-0.4, -0.2) is 17.4 Å². The molecule has 0 aliphatic heterocycles. The molecule has 1 aliphatic rings. The molecule has 0 atom stereocenters. The summed E-state index contributed by atoms with van der Waals surface area (Å²) >= 11 is 0. The molecule has 0 spiro atoms. The number of nitrogens with one attached hydrogen (secondary N) is 1. The topological polar surface area (TPSA) is 68.0 Å². The highest BCUT2D eigenvalue weighted by Gasteiger charge is 2.16. The molecular formula is C17H21N3O. The molecule has 110 valence electrons. The Labute approximate surface area is 124 Å². The first kappa shape index (κ1) is 13.9. The van der Waals surface area contributed by atoms with Crippen LogP contribution in [0.3, 0.4) is 0 Å². The van der Waals surface area contributed by atoms with Crippen molar-refractivity contribution in [1.82, 2.24) is 10.3 Å². The maximum Gasteiger partial charge on any atom is 0.252 e. The number of para-hydroxylation sites is 1. The summed E-state index contributed by atoms with van der Waals surface area (Å²) in [6.07, 6.45) is 6.36. The number of amides is 1. The molecule has 3 rings (SSSR count). The van der Waals surface area contributed by atoms with Gasteiger partial charge in [-0.25, -0.2) is 4.98 Å². The molecule has 0 radical (unpaired) electrons. The molecule has 1 aromatic heterocycles. The van der Waals surface area contributed by atoms with E-state index in [9.17, 15) is 4.79 Å². The molecule has 1 aliphatic carbocycles. The van der Waals surface area contributed by atoms with Gasteiger partial charge in [-0.3, -0.25) is 4.79 Å². The number of hydrogen-bond acceptors (Lipinski definition) is 3. The zero-order chi connectivity index (χ0) is 14.7. The minimum Gasteiger partial charge on any atom is -0.384 e. The normalized spacial score (nSPS) is 15.4. The first-order valence-corrected chi connectivity index (χ1v) is 7.67. The number of aromatic nitrogens is 1. The van der Waals surface area contributed by atoms with Crippen LogP contribution in [0.5, 0.6) is 0 Å². The number of nitrogens with zero attached hydrogens (tertiary/aromatic N) is 1. The smallest absolute Gasteiger partial charge is 0.252 e. The van der Waals surface area contributed by atoms with E-state index in [0.717, 1.165) is 29.8 Å². The summed E-state index contributed by atoms with van der Waals surface area (Å²) in [7, 11) is 0. The molecule has 1 aromatic carbocycles. The van der Waals surface area contributed by atoms with E-state index >= 15 is 0 Å². The van der Waals surface area contributed by atoms with Crippen molar-refractivity contribution in [2.24, 2.45) is 5.92 Å². The number of hydrogen-bond donors (Lipinski definition) is 2. The average molecular weight is 283 g/mol. The van der Waals surface area contributed by atoms with E-state index in [0.29, 0.717) is 11.4 Å². The Morgan fingerprint density at radius 3 is 2.86 bits per heavy atom. The Hall–Kier alpha value is -2.10. The predicted molar refractivity (Wildman–Crippen MR) is 85.1 cm³/mol. The summed E-state index contributed by atoms with van der Waals surface area (Å²) in [5.41, 5.74) is 7.18. The predicted octanol–water partition coefficient (Wildman–Crippen LogP) is 3.13.